The third-order valence-electron chi connectivity index (χ3n) is 2.75. The van der Waals surface area contributed by atoms with Gasteiger partial charge in [-0.25, -0.2) is 18.3 Å². The summed E-state index contributed by atoms with van der Waals surface area (Å²) in [6.45, 7) is 0. The molecular weight excluding hydrogens is 316 g/mol. The molecule has 6 heteroatoms. The number of benzene rings is 1. The van der Waals surface area contributed by atoms with Gasteiger partial charge in [-0.15, -0.1) is 0 Å². The molecule has 0 spiro atoms. The Bertz CT molecular complexity index is 722. The van der Waals surface area contributed by atoms with E-state index in [0.29, 0.717) is 11.3 Å². The first-order valence-corrected chi connectivity index (χ1v) is 6.33. The predicted molar refractivity (Wildman–Crippen MR) is 71.1 cm³/mol. The van der Waals surface area contributed by atoms with E-state index >= 15 is 0 Å². The lowest BCUT2D eigenvalue weighted by Crippen LogP contribution is -2.02. The van der Waals surface area contributed by atoms with Crippen LogP contribution in [0.15, 0.2) is 47.1 Å². The second-order valence-electron chi connectivity index (χ2n) is 3.98. The van der Waals surface area contributed by atoms with Crippen LogP contribution in [0.3, 0.4) is 0 Å². The highest BCUT2D eigenvalue weighted by Gasteiger charge is 2.15. The van der Waals surface area contributed by atoms with Crippen molar-refractivity contribution in [3.63, 3.8) is 0 Å². The number of halogens is 3. The van der Waals surface area contributed by atoms with Crippen molar-refractivity contribution >= 4 is 21.6 Å². The summed E-state index contributed by atoms with van der Waals surface area (Å²) in [6.07, 6.45) is -1.14. The molecule has 0 saturated carbocycles. The van der Waals surface area contributed by atoms with Gasteiger partial charge in [0.1, 0.15) is 5.69 Å². The van der Waals surface area contributed by atoms with Crippen LogP contribution in [0.4, 0.5) is 8.78 Å². The maximum atomic E-state index is 13.0. The van der Waals surface area contributed by atoms with Crippen molar-refractivity contribution in [2.24, 2.45) is 0 Å². The fourth-order valence-corrected chi connectivity index (χ4v) is 2.13. The van der Waals surface area contributed by atoms with E-state index in [1.54, 1.807) is 6.07 Å². The fraction of sp³-hybridized carbons (Fsp3) is 0.0769. The molecule has 0 atom stereocenters. The molecule has 96 valence electrons. The molecule has 1 aromatic carbocycles. The molecule has 0 aliphatic rings. The lowest BCUT2D eigenvalue weighted by molar-refractivity contribution is 0.143. The van der Waals surface area contributed by atoms with Gasteiger partial charge in [-0.05, 0) is 18.2 Å². The summed E-state index contributed by atoms with van der Waals surface area (Å²) in [7, 11) is 0. The standard InChI is InChI=1S/C13H8BrF2N3/c14-9-3-1-8(2-4-9)10-7-11(13(15)16)19-12(18-10)5-6-17-19/h1-7,13H. The van der Waals surface area contributed by atoms with Crippen LogP contribution in [0.2, 0.25) is 0 Å². The van der Waals surface area contributed by atoms with Gasteiger partial charge in [0.2, 0.25) is 0 Å². The predicted octanol–water partition coefficient (Wildman–Crippen LogP) is 4.10. The van der Waals surface area contributed by atoms with Gasteiger partial charge >= 0.3 is 0 Å². The molecule has 0 saturated heterocycles. The van der Waals surface area contributed by atoms with Crippen LogP contribution in [0.5, 0.6) is 0 Å². The van der Waals surface area contributed by atoms with Crippen molar-refractivity contribution in [2.45, 2.75) is 6.43 Å². The summed E-state index contributed by atoms with van der Waals surface area (Å²) in [4.78, 5) is 4.33. The second-order valence-corrected chi connectivity index (χ2v) is 4.89. The van der Waals surface area contributed by atoms with Gasteiger partial charge < -0.3 is 0 Å². The maximum absolute atomic E-state index is 13.0. The smallest absolute Gasteiger partial charge is 0.229 e. The van der Waals surface area contributed by atoms with Crippen LogP contribution in [0, 0.1) is 0 Å². The molecule has 3 rings (SSSR count). The molecule has 0 N–H and O–H groups in total. The number of rotatable bonds is 2. The second kappa shape index (κ2) is 4.70. The molecule has 2 aromatic heterocycles. The molecule has 0 fully saturated rings. The Morgan fingerprint density at radius 3 is 2.53 bits per heavy atom. The van der Waals surface area contributed by atoms with E-state index < -0.39 is 6.43 Å². The van der Waals surface area contributed by atoms with Crippen LogP contribution in [0.25, 0.3) is 16.9 Å². The van der Waals surface area contributed by atoms with Gasteiger partial charge in [0.05, 0.1) is 11.9 Å². The molecule has 0 aliphatic heterocycles. The van der Waals surface area contributed by atoms with Crippen LogP contribution in [0.1, 0.15) is 12.1 Å². The van der Waals surface area contributed by atoms with E-state index in [2.05, 4.69) is 26.0 Å². The Hall–Kier alpha value is -1.82. The Balaban J connectivity index is 2.21. The van der Waals surface area contributed by atoms with Gasteiger partial charge in [0.25, 0.3) is 6.43 Å². The largest absolute Gasteiger partial charge is 0.280 e. The molecule has 19 heavy (non-hydrogen) atoms. The first kappa shape index (κ1) is 12.2. The lowest BCUT2D eigenvalue weighted by atomic mass is 10.1. The molecule has 0 radical (unpaired) electrons. The van der Waals surface area contributed by atoms with Crippen molar-refractivity contribution in [3.05, 3.63) is 52.8 Å². The third-order valence-corrected chi connectivity index (χ3v) is 3.28. The van der Waals surface area contributed by atoms with E-state index in [-0.39, 0.29) is 5.69 Å². The molecule has 2 heterocycles. The molecule has 0 amide bonds. The summed E-state index contributed by atoms with van der Waals surface area (Å²) in [5.41, 5.74) is 1.55. The van der Waals surface area contributed by atoms with Crippen molar-refractivity contribution < 1.29 is 8.78 Å². The maximum Gasteiger partial charge on any atom is 0.280 e. The van der Waals surface area contributed by atoms with Gasteiger partial charge in [-0.2, -0.15) is 5.10 Å². The number of hydrogen-bond acceptors (Lipinski definition) is 2. The minimum atomic E-state index is -2.60. The zero-order valence-corrected chi connectivity index (χ0v) is 11.2. The van der Waals surface area contributed by atoms with Crippen LogP contribution < -0.4 is 0 Å². The molecule has 0 unspecified atom stereocenters. The first-order chi connectivity index (χ1) is 9.15. The summed E-state index contributed by atoms with van der Waals surface area (Å²) < 4.78 is 28.2. The monoisotopic (exact) mass is 323 g/mol. The minimum absolute atomic E-state index is 0.159. The lowest BCUT2D eigenvalue weighted by Gasteiger charge is -2.07. The zero-order valence-electron chi connectivity index (χ0n) is 9.59. The normalized spacial score (nSPS) is 11.4. The van der Waals surface area contributed by atoms with E-state index in [1.165, 1.54) is 12.3 Å². The van der Waals surface area contributed by atoms with Crippen LogP contribution in [-0.4, -0.2) is 14.6 Å². The van der Waals surface area contributed by atoms with Gasteiger partial charge in [-0.1, -0.05) is 28.1 Å². The van der Waals surface area contributed by atoms with Crippen molar-refractivity contribution in [1.29, 1.82) is 0 Å². The van der Waals surface area contributed by atoms with Crippen LogP contribution in [-0.2, 0) is 0 Å². The number of aromatic nitrogens is 3. The fourth-order valence-electron chi connectivity index (χ4n) is 1.86. The van der Waals surface area contributed by atoms with Crippen molar-refractivity contribution in [1.82, 2.24) is 14.6 Å². The molecule has 0 aliphatic carbocycles. The number of alkyl halides is 2. The highest BCUT2D eigenvalue weighted by Crippen LogP contribution is 2.26. The first-order valence-electron chi connectivity index (χ1n) is 5.54. The minimum Gasteiger partial charge on any atom is -0.229 e. The van der Waals surface area contributed by atoms with Gasteiger partial charge in [-0.3, -0.25) is 0 Å². The van der Waals surface area contributed by atoms with E-state index in [4.69, 9.17) is 0 Å². The zero-order chi connectivity index (χ0) is 13.4. The molecule has 0 bridgehead atoms. The van der Waals surface area contributed by atoms with E-state index in [1.807, 2.05) is 24.3 Å². The quantitative estimate of drug-likeness (QED) is 0.710. The van der Waals surface area contributed by atoms with E-state index in [9.17, 15) is 8.78 Å². The van der Waals surface area contributed by atoms with Crippen molar-refractivity contribution in [2.75, 3.05) is 0 Å². The molecule has 3 aromatic rings. The van der Waals surface area contributed by atoms with Crippen molar-refractivity contribution in [3.8, 4) is 11.3 Å². The number of fused-ring (bicyclic) bond motifs is 1. The Kier molecular flexibility index (Phi) is 3.02. The van der Waals surface area contributed by atoms with E-state index in [0.717, 1.165) is 14.6 Å². The third kappa shape index (κ3) is 2.23. The molecule has 3 nitrogen and oxygen atoms in total. The topological polar surface area (TPSA) is 30.2 Å². The average Bonchev–Trinajstić information content (AvgIpc) is 2.86. The summed E-state index contributed by atoms with van der Waals surface area (Å²) >= 11 is 3.33. The number of hydrogen-bond donors (Lipinski definition) is 0. The summed E-state index contributed by atoms with van der Waals surface area (Å²) in [5.74, 6) is 0. The summed E-state index contributed by atoms with van der Waals surface area (Å²) in [5, 5.41) is 3.86. The SMILES string of the molecule is FC(F)c1cc(-c2ccc(Br)cc2)nc2ccnn12. The average molecular weight is 324 g/mol. The highest BCUT2D eigenvalue weighted by molar-refractivity contribution is 9.10. The molecular formula is C13H8BrF2N3. The Morgan fingerprint density at radius 2 is 1.84 bits per heavy atom. The Morgan fingerprint density at radius 1 is 1.11 bits per heavy atom. The number of nitrogens with zero attached hydrogens (tertiary/aromatic N) is 3. The van der Waals surface area contributed by atoms with Crippen LogP contribution >= 0.6 is 15.9 Å². The Labute approximate surface area is 116 Å². The highest BCUT2D eigenvalue weighted by atomic mass is 79.9. The summed E-state index contributed by atoms with van der Waals surface area (Å²) in [6, 6.07) is 10.3. The van der Waals surface area contributed by atoms with Gasteiger partial charge in [0.15, 0.2) is 5.65 Å². The van der Waals surface area contributed by atoms with Gasteiger partial charge in [0, 0.05) is 16.1 Å².